The van der Waals surface area contributed by atoms with Gasteiger partial charge < -0.3 is 19.4 Å². The fraction of sp³-hybridized carbons (Fsp3) is 0.263. The summed E-state index contributed by atoms with van der Waals surface area (Å²) in [5, 5.41) is 4.07. The molecule has 1 aliphatic heterocycles. The summed E-state index contributed by atoms with van der Waals surface area (Å²) in [5.41, 5.74) is 2.51. The zero-order valence-corrected chi connectivity index (χ0v) is 16.3. The highest BCUT2D eigenvalue weighted by atomic mass is 35.5. The Morgan fingerprint density at radius 3 is 2.78 bits per heavy atom. The van der Waals surface area contributed by atoms with Crippen molar-refractivity contribution in [2.24, 2.45) is 0 Å². The molecule has 1 N–H and O–H groups in total. The van der Waals surface area contributed by atoms with Crippen molar-refractivity contribution in [3.05, 3.63) is 41.4 Å². The van der Waals surface area contributed by atoms with Crippen molar-refractivity contribution >= 4 is 46.0 Å². The van der Waals surface area contributed by atoms with Crippen LogP contribution in [0.5, 0.6) is 11.5 Å². The SMILES string of the molecule is CCn1c(SCC(=O)Nc2cc3c(cc2Cl)OCCO3)nc2ccccc21. The molecule has 4 rings (SSSR count). The van der Waals surface area contributed by atoms with Crippen LogP contribution in [0.3, 0.4) is 0 Å². The van der Waals surface area contributed by atoms with Gasteiger partial charge in [-0.1, -0.05) is 35.5 Å². The molecule has 0 atom stereocenters. The van der Waals surface area contributed by atoms with E-state index in [2.05, 4.69) is 21.8 Å². The number of rotatable bonds is 5. The first kappa shape index (κ1) is 18.0. The fourth-order valence-electron chi connectivity index (χ4n) is 2.95. The van der Waals surface area contributed by atoms with E-state index in [9.17, 15) is 4.79 Å². The first-order valence-corrected chi connectivity index (χ1v) is 9.99. The number of ether oxygens (including phenoxy) is 2. The molecule has 2 heterocycles. The summed E-state index contributed by atoms with van der Waals surface area (Å²) in [6.45, 7) is 3.82. The first-order chi connectivity index (χ1) is 13.2. The third kappa shape index (κ3) is 3.70. The van der Waals surface area contributed by atoms with Gasteiger partial charge in [0, 0.05) is 18.7 Å². The van der Waals surface area contributed by atoms with Gasteiger partial charge in [-0.25, -0.2) is 4.98 Å². The quantitative estimate of drug-likeness (QED) is 0.646. The van der Waals surface area contributed by atoms with Gasteiger partial charge in [0.25, 0.3) is 0 Å². The fourth-order valence-corrected chi connectivity index (χ4v) is 4.02. The first-order valence-electron chi connectivity index (χ1n) is 8.62. The number of para-hydroxylation sites is 2. The Labute approximate surface area is 165 Å². The summed E-state index contributed by atoms with van der Waals surface area (Å²) < 4.78 is 13.1. The molecule has 0 bridgehead atoms. The molecule has 0 saturated heterocycles. The monoisotopic (exact) mass is 403 g/mol. The number of benzene rings is 2. The average Bonchev–Trinajstić information content (AvgIpc) is 3.04. The van der Waals surface area contributed by atoms with Gasteiger partial charge in [0.15, 0.2) is 16.7 Å². The van der Waals surface area contributed by atoms with Crippen molar-refractivity contribution in [1.29, 1.82) is 0 Å². The summed E-state index contributed by atoms with van der Waals surface area (Å²) in [5.74, 6) is 1.25. The maximum Gasteiger partial charge on any atom is 0.234 e. The molecule has 0 spiro atoms. The second-order valence-corrected chi connectivity index (χ2v) is 7.29. The molecule has 140 valence electrons. The van der Waals surface area contributed by atoms with Crippen LogP contribution in [0.15, 0.2) is 41.6 Å². The molecule has 0 radical (unpaired) electrons. The molecule has 0 aliphatic carbocycles. The Morgan fingerprint density at radius 1 is 1.26 bits per heavy atom. The van der Waals surface area contributed by atoms with Gasteiger partial charge in [-0.15, -0.1) is 0 Å². The number of imidazole rings is 1. The lowest BCUT2D eigenvalue weighted by atomic mass is 10.2. The van der Waals surface area contributed by atoms with Crippen molar-refractivity contribution in [2.75, 3.05) is 24.3 Å². The second kappa shape index (κ2) is 7.70. The smallest absolute Gasteiger partial charge is 0.234 e. The second-order valence-electron chi connectivity index (χ2n) is 5.94. The minimum absolute atomic E-state index is 0.159. The van der Waals surface area contributed by atoms with E-state index in [1.807, 2.05) is 24.3 Å². The van der Waals surface area contributed by atoms with E-state index in [-0.39, 0.29) is 11.7 Å². The summed E-state index contributed by atoms with van der Waals surface area (Å²) >= 11 is 7.65. The zero-order valence-electron chi connectivity index (χ0n) is 14.7. The zero-order chi connectivity index (χ0) is 18.8. The Kier molecular flexibility index (Phi) is 5.13. The van der Waals surface area contributed by atoms with Crippen molar-refractivity contribution in [2.45, 2.75) is 18.6 Å². The number of amides is 1. The lowest BCUT2D eigenvalue weighted by Crippen LogP contribution is -2.17. The highest BCUT2D eigenvalue weighted by molar-refractivity contribution is 7.99. The molecule has 1 amide bonds. The van der Waals surface area contributed by atoms with Gasteiger partial charge in [-0.2, -0.15) is 0 Å². The van der Waals surface area contributed by atoms with E-state index in [0.29, 0.717) is 35.4 Å². The van der Waals surface area contributed by atoms with Crippen molar-refractivity contribution < 1.29 is 14.3 Å². The summed E-state index contributed by atoms with van der Waals surface area (Å²) in [4.78, 5) is 17.0. The van der Waals surface area contributed by atoms with Crippen LogP contribution >= 0.6 is 23.4 Å². The largest absolute Gasteiger partial charge is 0.486 e. The molecule has 2 aromatic carbocycles. The molecule has 3 aromatic rings. The van der Waals surface area contributed by atoms with Crippen molar-refractivity contribution in [3.8, 4) is 11.5 Å². The summed E-state index contributed by atoms with van der Waals surface area (Å²) in [7, 11) is 0. The lowest BCUT2D eigenvalue weighted by Gasteiger charge is -2.20. The Morgan fingerprint density at radius 2 is 2.00 bits per heavy atom. The number of aryl methyl sites for hydroxylation is 1. The van der Waals surface area contributed by atoms with Crippen LogP contribution in [0.1, 0.15) is 6.92 Å². The molecule has 0 saturated carbocycles. The number of hydrogen-bond acceptors (Lipinski definition) is 5. The van der Waals surface area contributed by atoms with Crippen LogP contribution in [-0.4, -0.2) is 34.4 Å². The molecule has 27 heavy (non-hydrogen) atoms. The van der Waals surface area contributed by atoms with Crippen molar-refractivity contribution in [3.63, 3.8) is 0 Å². The van der Waals surface area contributed by atoms with Crippen LogP contribution in [0.4, 0.5) is 5.69 Å². The minimum atomic E-state index is -0.159. The van der Waals surface area contributed by atoms with E-state index in [4.69, 9.17) is 21.1 Å². The Bertz CT molecular complexity index is 1010. The van der Waals surface area contributed by atoms with Crippen molar-refractivity contribution in [1.82, 2.24) is 9.55 Å². The number of aromatic nitrogens is 2. The third-order valence-electron chi connectivity index (χ3n) is 4.17. The van der Waals surface area contributed by atoms with E-state index in [1.165, 1.54) is 11.8 Å². The number of fused-ring (bicyclic) bond motifs is 2. The van der Waals surface area contributed by atoms with Crippen LogP contribution in [0.2, 0.25) is 5.02 Å². The van der Waals surface area contributed by atoms with Gasteiger partial charge in [0.05, 0.1) is 27.5 Å². The molecule has 8 heteroatoms. The van der Waals surface area contributed by atoms with Crippen LogP contribution in [0.25, 0.3) is 11.0 Å². The maximum atomic E-state index is 12.4. The number of anilines is 1. The molecule has 6 nitrogen and oxygen atoms in total. The number of hydrogen-bond donors (Lipinski definition) is 1. The Hall–Kier alpha value is -2.38. The molecular formula is C19H18ClN3O3S. The number of nitrogens with one attached hydrogen (secondary N) is 1. The minimum Gasteiger partial charge on any atom is -0.486 e. The van der Waals surface area contributed by atoms with E-state index >= 15 is 0 Å². The van der Waals surface area contributed by atoms with Gasteiger partial charge in [-0.05, 0) is 19.1 Å². The number of nitrogens with zero attached hydrogens (tertiary/aromatic N) is 2. The van der Waals surface area contributed by atoms with Gasteiger partial charge >= 0.3 is 0 Å². The molecule has 1 aliphatic rings. The number of halogens is 1. The topological polar surface area (TPSA) is 65.4 Å². The standard InChI is InChI=1S/C19H18ClN3O3S/c1-2-23-15-6-4-3-5-13(15)22-19(23)27-11-18(24)21-14-10-17-16(9-12(14)20)25-7-8-26-17/h3-6,9-10H,2,7-8,11H2,1H3,(H,21,24). The molecule has 0 unspecified atom stereocenters. The predicted molar refractivity (Wildman–Crippen MR) is 107 cm³/mol. The maximum absolute atomic E-state index is 12.4. The van der Waals surface area contributed by atoms with Gasteiger partial charge in [0.2, 0.25) is 5.91 Å². The predicted octanol–water partition coefficient (Wildman–Crippen LogP) is 4.21. The van der Waals surface area contributed by atoms with Gasteiger partial charge in [-0.3, -0.25) is 4.79 Å². The van der Waals surface area contributed by atoms with Crippen LogP contribution in [0, 0.1) is 0 Å². The number of carbonyl (C=O) groups is 1. The Balaban J connectivity index is 1.46. The summed E-state index contributed by atoms with van der Waals surface area (Å²) in [6, 6.07) is 11.3. The van der Waals surface area contributed by atoms with Crippen LogP contribution < -0.4 is 14.8 Å². The normalized spacial score (nSPS) is 13.0. The highest BCUT2D eigenvalue weighted by Crippen LogP contribution is 2.38. The number of carbonyl (C=O) groups excluding carboxylic acids is 1. The highest BCUT2D eigenvalue weighted by Gasteiger charge is 2.17. The van der Waals surface area contributed by atoms with Crippen LogP contribution in [-0.2, 0) is 11.3 Å². The number of thioether (sulfide) groups is 1. The molecule has 0 fully saturated rings. The summed E-state index contributed by atoms with van der Waals surface area (Å²) in [6.07, 6.45) is 0. The van der Waals surface area contributed by atoms with E-state index < -0.39 is 0 Å². The molecular weight excluding hydrogens is 386 g/mol. The average molecular weight is 404 g/mol. The lowest BCUT2D eigenvalue weighted by molar-refractivity contribution is -0.113. The molecule has 1 aromatic heterocycles. The van der Waals surface area contributed by atoms with Gasteiger partial charge in [0.1, 0.15) is 13.2 Å². The third-order valence-corrected chi connectivity index (χ3v) is 5.46. The van der Waals surface area contributed by atoms with E-state index in [1.54, 1.807) is 12.1 Å². The van der Waals surface area contributed by atoms with E-state index in [0.717, 1.165) is 22.7 Å².